The summed E-state index contributed by atoms with van der Waals surface area (Å²) in [6, 6.07) is 2.20. The van der Waals surface area contributed by atoms with E-state index in [0.29, 0.717) is 10.9 Å². The van der Waals surface area contributed by atoms with Crippen molar-refractivity contribution in [1.82, 2.24) is 0 Å². The summed E-state index contributed by atoms with van der Waals surface area (Å²) in [4.78, 5) is 0.451. The predicted octanol–water partition coefficient (Wildman–Crippen LogP) is 5.91. The SMILES string of the molecule is CCOC1CC(CC(Br)c2cc(Br)sc2Br)C1. The lowest BCUT2D eigenvalue weighted by atomic mass is 9.79. The molecule has 0 radical (unpaired) electrons. The van der Waals surface area contributed by atoms with E-state index in [1.54, 1.807) is 11.3 Å². The molecular weight excluding hydrogens is 432 g/mol. The van der Waals surface area contributed by atoms with Gasteiger partial charge < -0.3 is 4.74 Å². The lowest BCUT2D eigenvalue weighted by molar-refractivity contribution is -0.0264. The molecule has 1 nitrogen and oxygen atoms in total. The maximum atomic E-state index is 5.59. The van der Waals surface area contributed by atoms with Crippen molar-refractivity contribution in [2.75, 3.05) is 6.61 Å². The van der Waals surface area contributed by atoms with Crippen molar-refractivity contribution >= 4 is 59.1 Å². The van der Waals surface area contributed by atoms with Crippen LogP contribution in [0.4, 0.5) is 0 Å². The van der Waals surface area contributed by atoms with Crippen LogP contribution in [-0.4, -0.2) is 12.7 Å². The van der Waals surface area contributed by atoms with E-state index in [9.17, 15) is 0 Å². The fraction of sp³-hybridized carbons (Fsp3) is 0.667. The van der Waals surface area contributed by atoms with Crippen LogP contribution in [0, 0.1) is 5.92 Å². The average Bonchev–Trinajstić information content (AvgIpc) is 2.54. The molecule has 2 rings (SSSR count). The van der Waals surface area contributed by atoms with E-state index in [-0.39, 0.29) is 0 Å². The number of rotatable bonds is 5. The highest BCUT2D eigenvalue weighted by Crippen LogP contribution is 2.45. The van der Waals surface area contributed by atoms with E-state index in [1.165, 1.54) is 32.4 Å². The molecule has 0 aliphatic heterocycles. The van der Waals surface area contributed by atoms with Crippen LogP contribution in [0.3, 0.4) is 0 Å². The number of ether oxygens (including phenoxy) is 1. The zero-order valence-corrected chi connectivity index (χ0v) is 15.2. The molecule has 1 heterocycles. The lowest BCUT2D eigenvalue weighted by Crippen LogP contribution is -2.31. The molecule has 17 heavy (non-hydrogen) atoms. The van der Waals surface area contributed by atoms with Crippen molar-refractivity contribution < 1.29 is 4.74 Å². The molecule has 1 aliphatic rings. The second-order valence-corrected chi connectivity index (χ2v) is 9.25. The van der Waals surface area contributed by atoms with Gasteiger partial charge in [-0.05, 0) is 75.6 Å². The molecule has 1 aliphatic carbocycles. The van der Waals surface area contributed by atoms with Gasteiger partial charge in [0.15, 0.2) is 0 Å². The van der Waals surface area contributed by atoms with Gasteiger partial charge in [-0.25, -0.2) is 0 Å². The first-order valence-electron chi connectivity index (χ1n) is 5.80. The predicted molar refractivity (Wildman–Crippen MR) is 84.1 cm³/mol. The van der Waals surface area contributed by atoms with Gasteiger partial charge in [-0.1, -0.05) is 15.9 Å². The Balaban J connectivity index is 1.82. The molecule has 1 saturated carbocycles. The second-order valence-electron chi connectivity index (χ2n) is 4.40. The van der Waals surface area contributed by atoms with Crippen molar-refractivity contribution in [2.24, 2.45) is 5.92 Å². The number of alkyl halides is 1. The summed E-state index contributed by atoms with van der Waals surface area (Å²) in [5.74, 6) is 0.807. The van der Waals surface area contributed by atoms with Gasteiger partial charge in [0.1, 0.15) is 0 Å². The van der Waals surface area contributed by atoms with E-state index >= 15 is 0 Å². The molecule has 0 N–H and O–H groups in total. The molecule has 1 aromatic heterocycles. The van der Waals surface area contributed by atoms with Crippen molar-refractivity contribution in [3.63, 3.8) is 0 Å². The third kappa shape index (κ3) is 3.78. The van der Waals surface area contributed by atoms with Crippen LogP contribution in [0.5, 0.6) is 0 Å². The Morgan fingerprint density at radius 3 is 2.71 bits per heavy atom. The summed E-state index contributed by atoms with van der Waals surface area (Å²) in [6.07, 6.45) is 4.16. The van der Waals surface area contributed by atoms with Crippen LogP contribution in [-0.2, 0) is 4.74 Å². The number of hydrogen-bond donors (Lipinski definition) is 0. The quantitative estimate of drug-likeness (QED) is 0.510. The van der Waals surface area contributed by atoms with Crippen LogP contribution in [0.25, 0.3) is 0 Å². The van der Waals surface area contributed by atoms with Crippen LogP contribution in [0.15, 0.2) is 13.6 Å². The first-order chi connectivity index (χ1) is 8.10. The first kappa shape index (κ1) is 14.5. The monoisotopic (exact) mass is 444 g/mol. The Morgan fingerprint density at radius 1 is 1.47 bits per heavy atom. The van der Waals surface area contributed by atoms with Gasteiger partial charge in [0.2, 0.25) is 0 Å². The van der Waals surface area contributed by atoms with Gasteiger partial charge >= 0.3 is 0 Å². The Hall–Kier alpha value is 1.10. The summed E-state index contributed by atoms with van der Waals surface area (Å²) in [7, 11) is 0. The van der Waals surface area contributed by atoms with Gasteiger partial charge in [0.05, 0.1) is 13.7 Å². The standard InChI is InChI=1S/C12H15Br3OS/c1-2-16-8-3-7(4-8)5-10(13)9-6-11(14)17-12(9)15/h6-8,10H,2-5H2,1H3. The summed E-state index contributed by atoms with van der Waals surface area (Å²) in [5.41, 5.74) is 1.36. The average molecular weight is 447 g/mol. The Bertz CT molecular complexity index is 374. The van der Waals surface area contributed by atoms with Crippen molar-refractivity contribution in [3.8, 4) is 0 Å². The van der Waals surface area contributed by atoms with E-state index in [1.807, 2.05) is 0 Å². The van der Waals surface area contributed by atoms with E-state index < -0.39 is 0 Å². The van der Waals surface area contributed by atoms with Crippen molar-refractivity contribution in [2.45, 2.75) is 37.1 Å². The molecule has 0 bridgehead atoms. The molecule has 0 amide bonds. The molecule has 0 spiro atoms. The number of thiophene rings is 1. The minimum absolute atomic E-state index is 0.451. The largest absolute Gasteiger partial charge is 0.378 e. The van der Waals surface area contributed by atoms with Crippen LogP contribution < -0.4 is 0 Å². The number of halogens is 3. The Labute approximate surface area is 132 Å². The van der Waals surface area contributed by atoms with E-state index in [2.05, 4.69) is 60.8 Å². The number of hydrogen-bond acceptors (Lipinski definition) is 2. The molecule has 1 unspecified atom stereocenters. The topological polar surface area (TPSA) is 9.23 Å². The zero-order chi connectivity index (χ0) is 12.4. The van der Waals surface area contributed by atoms with Crippen molar-refractivity contribution in [1.29, 1.82) is 0 Å². The van der Waals surface area contributed by atoms with Gasteiger partial charge in [-0.15, -0.1) is 11.3 Å². The van der Waals surface area contributed by atoms with Gasteiger partial charge in [-0.2, -0.15) is 0 Å². The van der Waals surface area contributed by atoms with Gasteiger partial charge in [-0.3, -0.25) is 0 Å². The fourth-order valence-electron chi connectivity index (χ4n) is 2.22. The summed E-state index contributed by atoms with van der Waals surface area (Å²) < 4.78 is 8.01. The third-order valence-corrected chi connectivity index (χ3v) is 6.41. The highest BCUT2D eigenvalue weighted by molar-refractivity contribution is 9.12. The van der Waals surface area contributed by atoms with Crippen LogP contribution in [0.2, 0.25) is 0 Å². The molecule has 0 saturated heterocycles. The summed E-state index contributed by atoms with van der Waals surface area (Å²) in [6.45, 7) is 2.92. The Kier molecular flexibility index (Phi) is 5.55. The van der Waals surface area contributed by atoms with Crippen molar-refractivity contribution in [3.05, 3.63) is 19.2 Å². The third-order valence-electron chi connectivity index (χ3n) is 3.16. The second kappa shape index (κ2) is 6.51. The summed E-state index contributed by atoms with van der Waals surface area (Å²) in [5, 5.41) is 0. The molecule has 96 valence electrons. The van der Waals surface area contributed by atoms with E-state index in [0.717, 1.165) is 12.5 Å². The highest BCUT2D eigenvalue weighted by atomic mass is 79.9. The maximum absolute atomic E-state index is 5.59. The minimum Gasteiger partial charge on any atom is -0.378 e. The first-order valence-corrected chi connectivity index (χ1v) is 9.12. The van der Waals surface area contributed by atoms with Gasteiger partial charge in [0.25, 0.3) is 0 Å². The molecular formula is C12H15Br3OS. The Morgan fingerprint density at radius 2 is 2.18 bits per heavy atom. The van der Waals surface area contributed by atoms with Gasteiger partial charge in [0, 0.05) is 11.4 Å². The van der Waals surface area contributed by atoms with E-state index in [4.69, 9.17) is 4.74 Å². The molecule has 5 heteroatoms. The fourth-order valence-corrected chi connectivity index (χ4v) is 6.55. The molecule has 1 atom stereocenters. The normalized spacial score (nSPS) is 25.6. The lowest BCUT2D eigenvalue weighted by Gasteiger charge is -2.36. The van der Waals surface area contributed by atoms with Crippen LogP contribution in [0.1, 0.15) is 36.6 Å². The molecule has 1 aromatic rings. The molecule has 1 fully saturated rings. The smallest absolute Gasteiger partial charge is 0.0753 e. The molecule has 0 aromatic carbocycles. The maximum Gasteiger partial charge on any atom is 0.0753 e. The van der Waals surface area contributed by atoms with Crippen LogP contribution >= 0.6 is 59.1 Å². The highest BCUT2D eigenvalue weighted by Gasteiger charge is 2.31. The summed E-state index contributed by atoms with van der Waals surface area (Å²) >= 11 is 12.7. The zero-order valence-electron chi connectivity index (χ0n) is 9.59. The minimum atomic E-state index is 0.451.